The summed E-state index contributed by atoms with van der Waals surface area (Å²) in [5.41, 5.74) is 2.88. The molecule has 1 aromatic carbocycles. The molecule has 3 nitrogen and oxygen atoms in total. The van der Waals surface area contributed by atoms with Crippen molar-refractivity contribution in [1.29, 1.82) is 0 Å². The molecule has 0 unspecified atom stereocenters. The zero-order valence-electron chi connectivity index (χ0n) is 10.2. The topological polar surface area (TPSA) is 34.9 Å². The SMILES string of the molecule is C=CCn1cnc2c(-c3ccccc3)csc2c1=O. The molecular formula is C15H12N2OS. The molecular weight excluding hydrogens is 256 g/mol. The molecule has 0 radical (unpaired) electrons. The van der Waals surface area contributed by atoms with E-state index < -0.39 is 0 Å². The summed E-state index contributed by atoms with van der Waals surface area (Å²) >= 11 is 1.45. The van der Waals surface area contributed by atoms with Gasteiger partial charge in [-0.1, -0.05) is 36.4 Å². The van der Waals surface area contributed by atoms with Crippen LogP contribution >= 0.6 is 11.3 Å². The van der Waals surface area contributed by atoms with Crippen molar-refractivity contribution in [1.82, 2.24) is 9.55 Å². The Morgan fingerprint density at radius 1 is 1.32 bits per heavy atom. The van der Waals surface area contributed by atoms with Crippen molar-refractivity contribution >= 4 is 21.6 Å². The molecule has 19 heavy (non-hydrogen) atoms. The fourth-order valence-electron chi connectivity index (χ4n) is 2.03. The van der Waals surface area contributed by atoms with Gasteiger partial charge in [-0.2, -0.15) is 0 Å². The van der Waals surface area contributed by atoms with Crippen LogP contribution in [0.4, 0.5) is 0 Å². The summed E-state index contributed by atoms with van der Waals surface area (Å²) in [7, 11) is 0. The maximum absolute atomic E-state index is 12.2. The minimum atomic E-state index is -0.00270. The van der Waals surface area contributed by atoms with Gasteiger partial charge >= 0.3 is 0 Å². The van der Waals surface area contributed by atoms with E-state index in [1.165, 1.54) is 11.3 Å². The molecule has 0 amide bonds. The number of benzene rings is 1. The van der Waals surface area contributed by atoms with Gasteiger partial charge in [-0.05, 0) is 5.56 Å². The molecule has 2 heterocycles. The Balaban J connectivity index is 2.23. The lowest BCUT2D eigenvalue weighted by molar-refractivity contribution is 0.770. The maximum Gasteiger partial charge on any atom is 0.271 e. The highest BCUT2D eigenvalue weighted by atomic mass is 32.1. The quantitative estimate of drug-likeness (QED) is 0.683. The normalized spacial score (nSPS) is 10.7. The smallest absolute Gasteiger partial charge is 0.271 e. The Labute approximate surface area is 114 Å². The standard InChI is InChI=1S/C15H12N2OS/c1-2-8-17-10-16-13-12(9-19-14(13)15(17)18)11-6-4-3-5-7-11/h2-7,9-10H,1,8H2. The third kappa shape index (κ3) is 2.00. The van der Waals surface area contributed by atoms with E-state index in [9.17, 15) is 4.79 Å². The van der Waals surface area contributed by atoms with E-state index in [-0.39, 0.29) is 5.56 Å². The first-order chi connectivity index (χ1) is 9.31. The molecule has 0 N–H and O–H groups in total. The van der Waals surface area contributed by atoms with Crippen molar-refractivity contribution in [2.24, 2.45) is 0 Å². The predicted octanol–water partition coefficient (Wildman–Crippen LogP) is 3.31. The molecule has 0 aliphatic heterocycles. The van der Waals surface area contributed by atoms with Gasteiger partial charge in [-0.25, -0.2) is 4.98 Å². The third-order valence-electron chi connectivity index (χ3n) is 2.96. The van der Waals surface area contributed by atoms with E-state index in [1.807, 2.05) is 35.7 Å². The van der Waals surface area contributed by atoms with E-state index >= 15 is 0 Å². The maximum atomic E-state index is 12.2. The Morgan fingerprint density at radius 3 is 2.84 bits per heavy atom. The number of aromatic nitrogens is 2. The van der Waals surface area contributed by atoms with Crippen molar-refractivity contribution < 1.29 is 0 Å². The molecule has 3 aromatic rings. The van der Waals surface area contributed by atoms with Gasteiger partial charge in [0.15, 0.2) is 0 Å². The molecule has 3 rings (SSSR count). The summed E-state index contributed by atoms with van der Waals surface area (Å²) in [5.74, 6) is 0. The van der Waals surface area contributed by atoms with Gasteiger partial charge in [-0.15, -0.1) is 17.9 Å². The van der Waals surface area contributed by atoms with E-state index in [0.717, 1.165) is 16.6 Å². The summed E-state index contributed by atoms with van der Waals surface area (Å²) in [6, 6.07) is 10.00. The minimum Gasteiger partial charge on any atom is -0.294 e. The van der Waals surface area contributed by atoms with Gasteiger partial charge in [0.2, 0.25) is 0 Å². The highest BCUT2D eigenvalue weighted by Crippen LogP contribution is 2.30. The molecule has 0 saturated carbocycles. The van der Waals surface area contributed by atoms with Gasteiger partial charge in [0, 0.05) is 17.5 Å². The number of fused-ring (bicyclic) bond motifs is 1. The molecule has 0 fully saturated rings. The molecule has 0 atom stereocenters. The first-order valence-electron chi connectivity index (χ1n) is 5.94. The number of hydrogen-bond donors (Lipinski definition) is 0. The third-order valence-corrected chi connectivity index (χ3v) is 3.91. The fraction of sp³-hybridized carbons (Fsp3) is 0.0667. The lowest BCUT2D eigenvalue weighted by Gasteiger charge is -2.02. The van der Waals surface area contributed by atoms with Crippen molar-refractivity contribution in [2.45, 2.75) is 6.54 Å². The van der Waals surface area contributed by atoms with Crippen molar-refractivity contribution in [2.75, 3.05) is 0 Å². The van der Waals surface area contributed by atoms with Crippen molar-refractivity contribution in [3.63, 3.8) is 0 Å². The van der Waals surface area contributed by atoms with Crippen LogP contribution in [0.25, 0.3) is 21.3 Å². The number of allylic oxidation sites excluding steroid dienone is 1. The summed E-state index contributed by atoms with van der Waals surface area (Å²) in [6.07, 6.45) is 3.28. The van der Waals surface area contributed by atoms with Gasteiger partial charge in [-0.3, -0.25) is 9.36 Å². The molecule has 94 valence electrons. The van der Waals surface area contributed by atoms with E-state index in [4.69, 9.17) is 0 Å². The molecule has 0 spiro atoms. The monoisotopic (exact) mass is 268 g/mol. The predicted molar refractivity (Wildman–Crippen MR) is 79.5 cm³/mol. The molecule has 0 aliphatic carbocycles. The zero-order valence-corrected chi connectivity index (χ0v) is 11.1. The Bertz CT molecular complexity index is 787. The van der Waals surface area contributed by atoms with E-state index in [1.54, 1.807) is 17.0 Å². The van der Waals surface area contributed by atoms with Crippen LogP contribution in [-0.4, -0.2) is 9.55 Å². The van der Waals surface area contributed by atoms with Gasteiger partial charge in [0.25, 0.3) is 5.56 Å². The van der Waals surface area contributed by atoms with Crippen LogP contribution in [0, 0.1) is 0 Å². The molecule has 4 heteroatoms. The Morgan fingerprint density at radius 2 is 2.11 bits per heavy atom. The molecule has 0 bridgehead atoms. The number of nitrogens with zero attached hydrogens (tertiary/aromatic N) is 2. The lowest BCUT2D eigenvalue weighted by atomic mass is 10.1. The van der Waals surface area contributed by atoms with E-state index in [0.29, 0.717) is 11.2 Å². The van der Waals surface area contributed by atoms with Gasteiger partial charge in [0.05, 0.1) is 11.8 Å². The fourth-order valence-corrected chi connectivity index (χ4v) is 3.01. The summed E-state index contributed by atoms with van der Waals surface area (Å²) < 4.78 is 2.27. The van der Waals surface area contributed by atoms with Crippen molar-refractivity contribution in [3.05, 3.63) is 65.0 Å². The first kappa shape index (κ1) is 11.9. The molecule has 0 saturated heterocycles. The van der Waals surface area contributed by atoms with Crippen molar-refractivity contribution in [3.8, 4) is 11.1 Å². The summed E-state index contributed by atoms with van der Waals surface area (Å²) in [5, 5.41) is 1.99. The van der Waals surface area contributed by atoms with Crippen LogP contribution in [0.3, 0.4) is 0 Å². The number of hydrogen-bond acceptors (Lipinski definition) is 3. The van der Waals surface area contributed by atoms with Crippen LogP contribution in [0.5, 0.6) is 0 Å². The largest absolute Gasteiger partial charge is 0.294 e. The Hall–Kier alpha value is -2.20. The highest BCUT2D eigenvalue weighted by molar-refractivity contribution is 7.17. The van der Waals surface area contributed by atoms with Gasteiger partial charge in [0.1, 0.15) is 4.70 Å². The number of rotatable bonds is 3. The molecule has 2 aromatic heterocycles. The average Bonchev–Trinajstić information content (AvgIpc) is 2.88. The highest BCUT2D eigenvalue weighted by Gasteiger charge is 2.11. The summed E-state index contributed by atoms with van der Waals surface area (Å²) in [6.45, 7) is 4.13. The first-order valence-corrected chi connectivity index (χ1v) is 6.82. The number of thiophene rings is 1. The second-order valence-corrected chi connectivity index (χ2v) is 5.06. The zero-order chi connectivity index (χ0) is 13.2. The second-order valence-electron chi connectivity index (χ2n) is 4.18. The van der Waals surface area contributed by atoms with Crippen LogP contribution in [0.15, 0.2) is 59.5 Å². The van der Waals surface area contributed by atoms with Crippen LogP contribution < -0.4 is 5.56 Å². The van der Waals surface area contributed by atoms with E-state index in [2.05, 4.69) is 11.6 Å². The Kier molecular flexibility index (Phi) is 3.01. The van der Waals surface area contributed by atoms with Crippen LogP contribution in [0.1, 0.15) is 0 Å². The second kappa shape index (κ2) is 4.82. The average molecular weight is 268 g/mol. The summed E-state index contributed by atoms with van der Waals surface area (Å²) in [4.78, 5) is 16.7. The minimum absolute atomic E-state index is 0.00270. The van der Waals surface area contributed by atoms with Crippen LogP contribution in [0.2, 0.25) is 0 Å². The lowest BCUT2D eigenvalue weighted by Crippen LogP contribution is -2.18. The van der Waals surface area contributed by atoms with Gasteiger partial charge < -0.3 is 0 Å². The molecule has 0 aliphatic rings. The van der Waals surface area contributed by atoms with Crippen LogP contribution in [-0.2, 0) is 6.54 Å².